The molecule has 0 radical (unpaired) electrons. The summed E-state index contributed by atoms with van der Waals surface area (Å²) < 4.78 is 16.0. The lowest BCUT2D eigenvalue weighted by molar-refractivity contribution is 0.666. The number of hydrogen-bond donors (Lipinski definition) is 0. The van der Waals surface area contributed by atoms with Crippen LogP contribution in [-0.2, 0) is 0 Å². The fourth-order valence-corrected chi connectivity index (χ4v) is 8.24. The van der Waals surface area contributed by atoms with E-state index in [9.17, 15) is 0 Å². The third kappa shape index (κ3) is 3.65. The van der Waals surface area contributed by atoms with Crippen molar-refractivity contribution in [1.82, 2.24) is 0 Å². The van der Waals surface area contributed by atoms with E-state index in [1.807, 2.05) is 29.5 Å². The van der Waals surface area contributed by atoms with Crippen LogP contribution in [0.1, 0.15) is 0 Å². The Labute approximate surface area is 268 Å². The predicted octanol–water partition coefficient (Wildman–Crippen LogP) is 13.0. The normalized spacial score (nSPS) is 11.9. The topological polar surface area (TPSA) is 29.5 Å². The van der Waals surface area contributed by atoms with Crippen LogP contribution in [0.2, 0.25) is 0 Å². The van der Waals surface area contributed by atoms with E-state index in [1.165, 1.54) is 20.2 Å². The van der Waals surface area contributed by atoms with E-state index in [0.29, 0.717) is 0 Å². The number of anilines is 3. The molecule has 0 aliphatic carbocycles. The Hall–Kier alpha value is -5.84. The van der Waals surface area contributed by atoms with Crippen molar-refractivity contribution in [3.8, 4) is 11.1 Å². The van der Waals surface area contributed by atoms with Crippen LogP contribution in [0, 0.1) is 0 Å². The number of fused-ring (bicyclic) bond motifs is 9. The summed E-state index contributed by atoms with van der Waals surface area (Å²) in [5.74, 6) is 0. The van der Waals surface area contributed by atoms with Crippen LogP contribution < -0.4 is 4.90 Å². The Kier molecular flexibility index (Phi) is 5.45. The third-order valence-corrected chi connectivity index (χ3v) is 10.3. The van der Waals surface area contributed by atoms with Gasteiger partial charge in [0.25, 0.3) is 0 Å². The molecule has 10 rings (SSSR count). The maximum atomic E-state index is 6.84. The van der Waals surface area contributed by atoms with Crippen LogP contribution >= 0.6 is 11.3 Å². The molecule has 0 bridgehead atoms. The van der Waals surface area contributed by atoms with Crippen LogP contribution in [0.5, 0.6) is 0 Å². The molecule has 0 spiro atoms. The minimum absolute atomic E-state index is 0.841. The molecule has 0 N–H and O–H groups in total. The minimum Gasteiger partial charge on any atom is -0.454 e. The van der Waals surface area contributed by atoms with Gasteiger partial charge in [-0.2, -0.15) is 0 Å². The van der Waals surface area contributed by atoms with Crippen molar-refractivity contribution in [1.29, 1.82) is 0 Å². The highest BCUT2D eigenvalue weighted by atomic mass is 32.1. The van der Waals surface area contributed by atoms with E-state index < -0.39 is 0 Å². The van der Waals surface area contributed by atoms with Crippen molar-refractivity contribution in [2.45, 2.75) is 0 Å². The van der Waals surface area contributed by atoms with Crippen molar-refractivity contribution in [3.63, 3.8) is 0 Å². The zero-order valence-electron chi connectivity index (χ0n) is 24.6. The van der Waals surface area contributed by atoms with E-state index in [4.69, 9.17) is 8.83 Å². The lowest BCUT2D eigenvalue weighted by atomic mass is 9.98. The molecule has 0 saturated carbocycles. The second-order valence-electron chi connectivity index (χ2n) is 11.6. The van der Waals surface area contributed by atoms with E-state index in [1.54, 1.807) is 0 Å². The van der Waals surface area contributed by atoms with Gasteiger partial charge in [0.15, 0.2) is 11.2 Å². The molecule has 0 amide bonds. The summed E-state index contributed by atoms with van der Waals surface area (Å²) >= 11 is 1.83. The molecule has 10 aromatic rings. The minimum atomic E-state index is 0.841. The summed E-state index contributed by atoms with van der Waals surface area (Å²) in [7, 11) is 0. The van der Waals surface area contributed by atoms with Crippen LogP contribution in [0.15, 0.2) is 160 Å². The first-order chi connectivity index (χ1) is 22.8. The summed E-state index contributed by atoms with van der Waals surface area (Å²) in [6, 6.07) is 53.4. The number of benzene rings is 7. The van der Waals surface area contributed by atoms with Crippen molar-refractivity contribution in [2.24, 2.45) is 0 Å². The zero-order valence-corrected chi connectivity index (χ0v) is 25.4. The number of rotatable bonds is 4. The highest BCUT2D eigenvalue weighted by Crippen LogP contribution is 2.52. The van der Waals surface area contributed by atoms with Gasteiger partial charge in [-0.15, -0.1) is 11.3 Å². The van der Waals surface area contributed by atoms with Crippen LogP contribution in [0.3, 0.4) is 0 Å². The number of thiophene rings is 1. The molecule has 3 heterocycles. The fourth-order valence-electron chi connectivity index (χ4n) is 7.03. The standard InChI is InChI=1S/C42H25NO2S/c1-2-12-26(13-3-1)27-24-25-32-29-15-5-8-22-37(29)45-41(32)39(27)43(34-19-10-17-31-28-14-4-7-21-36(28)44-40(31)34)35-20-11-18-33-30-16-6-9-23-38(30)46-42(33)35/h1-25H. The molecular formula is C42H25NO2S. The Bertz CT molecular complexity index is 2650. The monoisotopic (exact) mass is 607 g/mol. The van der Waals surface area contributed by atoms with Crippen molar-refractivity contribution in [3.05, 3.63) is 152 Å². The lowest BCUT2D eigenvalue weighted by Gasteiger charge is -2.28. The van der Waals surface area contributed by atoms with Gasteiger partial charge in [0.1, 0.15) is 11.2 Å². The SMILES string of the molecule is c1ccc(-c2ccc3c(oc4ccccc43)c2N(c2cccc3c2oc2ccccc23)c2cccc3c2sc2ccccc23)cc1. The second-order valence-corrected chi connectivity index (χ2v) is 12.7. The fraction of sp³-hybridized carbons (Fsp3) is 0. The van der Waals surface area contributed by atoms with E-state index in [0.717, 1.165) is 72.1 Å². The van der Waals surface area contributed by atoms with Gasteiger partial charge in [-0.1, -0.05) is 115 Å². The number of hydrogen-bond acceptors (Lipinski definition) is 4. The zero-order chi connectivity index (χ0) is 30.2. The highest BCUT2D eigenvalue weighted by molar-refractivity contribution is 7.26. The smallest absolute Gasteiger partial charge is 0.160 e. The third-order valence-electron chi connectivity index (χ3n) is 9.08. The molecule has 7 aromatic carbocycles. The Morgan fingerprint density at radius 2 is 1.00 bits per heavy atom. The van der Waals surface area contributed by atoms with E-state index in [-0.39, 0.29) is 0 Å². The Morgan fingerprint density at radius 3 is 1.78 bits per heavy atom. The molecule has 0 saturated heterocycles. The molecule has 4 heteroatoms. The lowest BCUT2D eigenvalue weighted by Crippen LogP contribution is -2.12. The number of nitrogens with zero attached hydrogens (tertiary/aromatic N) is 1. The summed E-state index contributed by atoms with van der Waals surface area (Å²) in [4.78, 5) is 2.38. The molecule has 0 aliphatic rings. The molecule has 0 aliphatic heterocycles. The molecule has 3 nitrogen and oxygen atoms in total. The first-order valence-corrected chi connectivity index (χ1v) is 16.3. The van der Waals surface area contributed by atoms with Gasteiger partial charge in [-0.3, -0.25) is 0 Å². The number of furan rings is 2. The highest BCUT2D eigenvalue weighted by Gasteiger charge is 2.28. The summed E-state index contributed by atoms with van der Waals surface area (Å²) in [6.45, 7) is 0. The molecule has 46 heavy (non-hydrogen) atoms. The molecular weight excluding hydrogens is 583 g/mol. The van der Waals surface area contributed by atoms with Crippen LogP contribution in [0.4, 0.5) is 17.1 Å². The summed E-state index contributed by atoms with van der Waals surface area (Å²) in [5.41, 5.74) is 8.64. The van der Waals surface area contributed by atoms with Gasteiger partial charge in [0.05, 0.1) is 21.8 Å². The van der Waals surface area contributed by atoms with Crippen LogP contribution in [0.25, 0.3) is 75.2 Å². The van der Waals surface area contributed by atoms with Crippen LogP contribution in [-0.4, -0.2) is 0 Å². The quantitative estimate of drug-likeness (QED) is 0.199. The van der Waals surface area contributed by atoms with E-state index in [2.05, 4.69) is 138 Å². The molecule has 0 fully saturated rings. The molecule has 0 unspecified atom stereocenters. The Balaban J connectivity index is 1.41. The maximum absolute atomic E-state index is 6.84. The van der Waals surface area contributed by atoms with Gasteiger partial charge in [0.2, 0.25) is 0 Å². The largest absolute Gasteiger partial charge is 0.454 e. The van der Waals surface area contributed by atoms with Gasteiger partial charge in [0, 0.05) is 42.6 Å². The van der Waals surface area contributed by atoms with Gasteiger partial charge in [-0.05, 0) is 42.0 Å². The summed E-state index contributed by atoms with van der Waals surface area (Å²) in [5, 5.41) is 6.86. The van der Waals surface area contributed by atoms with Gasteiger partial charge in [-0.25, -0.2) is 0 Å². The Morgan fingerprint density at radius 1 is 0.413 bits per heavy atom. The molecule has 0 atom stereocenters. The van der Waals surface area contributed by atoms with Gasteiger partial charge >= 0.3 is 0 Å². The summed E-state index contributed by atoms with van der Waals surface area (Å²) in [6.07, 6.45) is 0. The average Bonchev–Trinajstić information content (AvgIpc) is 3.81. The number of para-hydroxylation sites is 3. The first-order valence-electron chi connectivity index (χ1n) is 15.4. The first kappa shape index (κ1) is 25.5. The maximum Gasteiger partial charge on any atom is 0.160 e. The van der Waals surface area contributed by atoms with Crippen molar-refractivity contribution < 1.29 is 8.83 Å². The molecule has 216 valence electrons. The molecule has 3 aromatic heterocycles. The average molecular weight is 608 g/mol. The van der Waals surface area contributed by atoms with Gasteiger partial charge < -0.3 is 13.7 Å². The van der Waals surface area contributed by atoms with E-state index >= 15 is 0 Å². The van der Waals surface area contributed by atoms with Crippen molar-refractivity contribution >= 4 is 92.4 Å². The van der Waals surface area contributed by atoms with Crippen molar-refractivity contribution in [2.75, 3.05) is 4.90 Å². The predicted molar refractivity (Wildman–Crippen MR) is 194 cm³/mol. The second kappa shape index (κ2) is 9.83.